The van der Waals surface area contributed by atoms with Crippen LogP contribution in [0.2, 0.25) is 0 Å². The quantitative estimate of drug-likeness (QED) is 0.922. The Morgan fingerprint density at radius 1 is 1.38 bits per heavy atom. The Kier molecular flexibility index (Phi) is 3.36. The van der Waals surface area contributed by atoms with Gasteiger partial charge in [0.05, 0.1) is 5.69 Å². The number of carbonyl (C=O) groups is 1. The fraction of sp³-hybridized carbons (Fsp3) is 0.0909. The molecule has 1 amide bonds. The molecule has 0 bridgehead atoms. The van der Waals surface area contributed by atoms with E-state index in [9.17, 15) is 4.79 Å². The van der Waals surface area contributed by atoms with Gasteiger partial charge in [0.2, 0.25) is 0 Å². The van der Waals surface area contributed by atoms with Crippen molar-refractivity contribution < 1.29 is 4.79 Å². The lowest BCUT2D eigenvalue weighted by Gasteiger charge is -2.01. The number of hydrogen-bond acceptors (Lipinski definition) is 3. The molecule has 0 aliphatic rings. The lowest BCUT2D eigenvalue weighted by molar-refractivity contribution is 0.102. The molecule has 0 radical (unpaired) electrons. The molecule has 0 atom stereocenters. The fourth-order valence-electron chi connectivity index (χ4n) is 1.18. The summed E-state index contributed by atoms with van der Waals surface area (Å²) in [5, 5.41) is 5.28. The average molecular weight is 297 g/mol. The van der Waals surface area contributed by atoms with E-state index in [1.54, 1.807) is 12.1 Å². The summed E-state index contributed by atoms with van der Waals surface area (Å²) in [6.45, 7) is 1.89. The number of aromatic nitrogens is 1. The second-order valence-corrected chi connectivity index (χ2v) is 5.03. The Bertz CT molecular complexity index is 507. The van der Waals surface area contributed by atoms with Gasteiger partial charge in [0, 0.05) is 15.4 Å². The topological polar surface area (TPSA) is 42.0 Å². The zero-order chi connectivity index (χ0) is 11.5. The standard InChI is InChI=1S/C11H9BrN2OS/c1-7-6-16-11(13-7)14-10(15)8-2-4-9(12)5-3-8/h2-6H,1H3,(H,13,14,15). The van der Waals surface area contributed by atoms with Crippen LogP contribution in [0, 0.1) is 6.92 Å². The SMILES string of the molecule is Cc1csc(NC(=O)c2ccc(Br)cc2)n1. The van der Waals surface area contributed by atoms with Crippen LogP contribution in [0.4, 0.5) is 5.13 Å². The number of rotatable bonds is 2. The van der Waals surface area contributed by atoms with Crippen molar-refractivity contribution in [1.82, 2.24) is 4.98 Å². The van der Waals surface area contributed by atoms with Crippen LogP contribution in [0.3, 0.4) is 0 Å². The molecule has 16 heavy (non-hydrogen) atoms. The number of hydrogen-bond donors (Lipinski definition) is 1. The van der Waals surface area contributed by atoms with E-state index in [1.807, 2.05) is 24.4 Å². The minimum absolute atomic E-state index is 0.137. The van der Waals surface area contributed by atoms with Crippen molar-refractivity contribution in [2.45, 2.75) is 6.92 Å². The molecule has 0 fully saturated rings. The minimum Gasteiger partial charge on any atom is -0.298 e. The number of nitrogens with one attached hydrogen (secondary N) is 1. The van der Waals surface area contributed by atoms with E-state index in [1.165, 1.54) is 11.3 Å². The molecule has 0 saturated heterocycles. The summed E-state index contributed by atoms with van der Waals surface area (Å²) in [5.74, 6) is -0.137. The molecule has 0 saturated carbocycles. The Morgan fingerprint density at radius 2 is 2.06 bits per heavy atom. The van der Waals surface area contributed by atoms with Gasteiger partial charge in [0.15, 0.2) is 5.13 Å². The van der Waals surface area contributed by atoms with Gasteiger partial charge in [-0.15, -0.1) is 11.3 Å². The van der Waals surface area contributed by atoms with Gasteiger partial charge in [-0.05, 0) is 31.2 Å². The predicted molar refractivity (Wildman–Crippen MR) is 68.9 cm³/mol. The summed E-state index contributed by atoms with van der Waals surface area (Å²) in [5.41, 5.74) is 1.53. The van der Waals surface area contributed by atoms with Crippen molar-refractivity contribution in [2.24, 2.45) is 0 Å². The maximum atomic E-state index is 11.8. The first-order valence-corrected chi connectivity index (χ1v) is 6.31. The Hall–Kier alpha value is -1.20. The van der Waals surface area contributed by atoms with Crippen LogP contribution in [0.5, 0.6) is 0 Å². The van der Waals surface area contributed by atoms with Crippen molar-refractivity contribution in [3.8, 4) is 0 Å². The second kappa shape index (κ2) is 4.76. The van der Waals surface area contributed by atoms with Gasteiger partial charge < -0.3 is 0 Å². The molecule has 1 heterocycles. The van der Waals surface area contributed by atoms with Crippen LogP contribution < -0.4 is 5.32 Å². The first-order valence-electron chi connectivity index (χ1n) is 4.64. The normalized spacial score (nSPS) is 10.1. The van der Waals surface area contributed by atoms with Gasteiger partial charge in [-0.25, -0.2) is 4.98 Å². The van der Waals surface area contributed by atoms with Crippen molar-refractivity contribution in [2.75, 3.05) is 5.32 Å². The van der Waals surface area contributed by atoms with E-state index in [0.717, 1.165) is 10.2 Å². The zero-order valence-corrected chi connectivity index (χ0v) is 10.9. The van der Waals surface area contributed by atoms with E-state index >= 15 is 0 Å². The highest BCUT2D eigenvalue weighted by Gasteiger charge is 2.07. The van der Waals surface area contributed by atoms with Gasteiger partial charge in [-0.1, -0.05) is 15.9 Å². The molecule has 0 unspecified atom stereocenters. The number of anilines is 1. The minimum atomic E-state index is -0.137. The Labute approximate surface area is 106 Å². The molecule has 2 aromatic rings. The highest BCUT2D eigenvalue weighted by molar-refractivity contribution is 9.10. The summed E-state index contributed by atoms with van der Waals surface area (Å²) < 4.78 is 0.953. The van der Waals surface area contributed by atoms with Crippen LogP contribution in [0.15, 0.2) is 34.1 Å². The average Bonchev–Trinajstić information content (AvgIpc) is 2.65. The fourth-order valence-corrected chi connectivity index (χ4v) is 2.13. The number of halogens is 1. The first kappa shape index (κ1) is 11.3. The number of nitrogens with zero attached hydrogens (tertiary/aromatic N) is 1. The third-order valence-electron chi connectivity index (χ3n) is 1.95. The summed E-state index contributed by atoms with van der Waals surface area (Å²) in [6.07, 6.45) is 0. The highest BCUT2D eigenvalue weighted by Crippen LogP contribution is 2.16. The van der Waals surface area contributed by atoms with Crippen LogP contribution in [0.1, 0.15) is 16.1 Å². The van der Waals surface area contributed by atoms with E-state index in [-0.39, 0.29) is 5.91 Å². The van der Waals surface area contributed by atoms with E-state index in [2.05, 4.69) is 26.2 Å². The lowest BCUT2D eigenvalue weighted by Crippen LogP contribution is -2.11. The largest absolute Gasteiger partial charge is 0.298 e. The molecule has 5 heteroatoms. The molecule has 0 spiro atoms. The molecule has 2 rings (SSSR count). The third kappa shape index (κ3) is 2.68. The second-order valence-electron chi connectivity index (χ2n) is 3.26. The monoisotopic (exact) mass is 296 g/mol. The number of carbonyl (C=O) groups excluding carboxylic acids is 1. The molecular formula is C11H9BrN2OS. The van der Waals surface area contributed by atoms with Gasteiger partial charge in [0.25, 0.3) is 5.91 Å². The third-order valence-corrected chi connectivity index (χ3v) is 3.35. The highest BCUT2D eigenvalue weighted by atomic mass is 79.9. The van der Waals surface area contributed by atoms with E-state index in [0.29, 0.717) is 10.7 Å². The van der Waals surface area contributed by atoms with Gasteiger partial charge >= 0.3 is 0 Å². The van der Waals surface area contributed by atoms with Crippen LogP contribution in [-0.4, -0.2) is 10.9 Å². The van der Waals surface area contributed by atoms with Crippen molar-refractivity contribution in [3.63, 3.8) is 0 Å². The first-order chi connectivity index (χ1) is 7.65. The molecule has 82 valence electrons. The van der Waals surface area contributed by atoms with Gasteiger partial charge in [-0.3, -0.25) is 10.1 Å². The molecule has 0 aliphatic heterocycles. The van der Waals surface area contributed by atoms with Crippen molar-refractivity contribution >= 4 is 38.3 Å². The van der Waals surface area contributed by atoms with E-state index in [4.69, 9.17) is 0 Å². The maximum absolute atomic E-state index is 11.8. The summed E-state index contributed by atoms with van der Waals surface area (Å²) in [7, 11) is 0. The van der Waals surface area contributed by atoms with Crippen molar-refractivity contribution in [1.29, 1.82) is 0 Å². The smallest absolute Gasteiger partial charge is 0.257 e. The summed E-state index contributed by atoms with van der Waals surface area (Å²) in [6, 6.07) is 7.20. The molecule has 1 aromatic carbocycles. The Morgan fingerprint density at radius 3 is 2.62 bits per heavy atom. The van der Waals surface area contributed by atoms with Crippen LogP contribution in [0.25, 0.3) is 0 Å². The number of amides is 1. The molecule has 3 nitrogen and oxygen atoms in total. The molecule has 1 N–H and O–H groups in total. The number of thiazole rings is 1. The summed E-state index contributed by atoms with van der Waals surface area (Å²) >= 11 is 4.75. The number of benzene rings is 1. The number of aryl methyl sites for hydroxylation is 1. The van der Waals surface area contributed by atoms with Crippen LogP contribution >= 0.6 is 27.3 Å². The maximum Gasteiger partial charge on any atom is 0.257 e. The van der Waals surface area contributed by atoms with Crippen LogP contribution in [-0.2, 0) is 0 Å². The van der Waals surface area contributed by atoms with Crippen molar-refractivity contribution in [3.05, 3.63) is 45.4 Å². The van der Waals surface area contributed by atoms with Gasteiger partial charge in [0.1, 0.15) is 0 Å². The summed E-state index contributed by atoms with van der Waals surface area (Å²) in [4.78, 5) is 15.9. The van der Waals surface area contributed by atoms with Gasteiger partial charge in [-0.2, -0.15) is 0 Å². The molecular weight excluding hydrogens is 288 g/mol. The molecule has 1 aromatic heterocycles. The van der Waals surface area contributed by atoms with E-state index < -0.39 is 0 Å². The Balaban J connectivity index is 2.11. The molecule has 0 aliphatic carbocycles. The predicted octanol–water partition coefficient (Wildman–Crippen LogP) is 3.47. The lowest BCUT2D eigenvalue weighted by atomic mass is 10.2. The zero-order valence-electron chi connectivity index (χ0n) is 8.53.